The normalized spacial score (nSPS) is 15.7. The number of carboxylic acid groups (broad SMARTS) is 1. The van der Waals surface area contributed by atoms with Crippen LogP contribution in [0.2, 0.25) is 0 Å². The molecule has 3 rings (SSSR count). The standard InChI is InChI=1S/C18H17NO4/c20-17(21)14-8-4-7-13-9-10-15(16(13)14)19-18(22)23-11-12-5-2-1-3-6-12/h1-8,15H,9-11H2,(H,19,22)(H,20,21)/t15-/m0/s1. The third-order valence-electron chi connectivity index (χ3n) is 3.98. The number of ether oxygens (including phenoxy) is 1. The van der Waals surface area contributed by atoms with E-state index in [0.29, 0.717) is 12.0 Å². The SMILES string of the molecule is O=C(N[C@H]1CCc2cccc(C(=O)O)c21)OCc1ccccc1. The topological polar surface area (TPSA) is 75.6 Å². The fourth-order valence-electron chi connectivity index (χ4n) is 2.92. The summed E-state index contributed by atoms with van der Waals surface area (Å²) in [6.07, 6.45) is 0.895. The average Bonchev–Trinajstić information content (AvgIpc) is 2.97. The minimum atomic E-state index is -0.979. The van der Waals surface area contributed by atoms with Gasteiger partial charge in [-0.15, -0.1) is 0 Å². The molecule has 1 aliphatic carbocycles. The number of hydrogen-bond donors (Lipinski definition) is 2. The molecule has 23 heavy (non-hydrogen) atoms. The number of hydrogen-bond acceptors (Lipinski definition) is 3. The largest absolute Gasteiger partial charge is 0.478 e. The second-order valence-corrected chi connectivity index (χ2v) is 5.48. The Hall–Kier alpha value is -2.82. The van der Waals surface area contributed by atoms with E-state index in [0.717, 1.165) is 17.5 Å². The highest BCUT2D eigenvalue weighted by atomic mass is 16.5. The highest BCUT2D eigenvalue weighted by Gasteiger charge is 2.29. The van der Waals surface area contributed by atoms with Crippen molar-refractivity contribution in [2.24, 2.45) is 0 Å². The molecule has 0 spiro atoms. The van der Waals surface area contributed by atoms with Gasteiger partial charge in [0.15, 0.2) is 0 Å². The summed E-state index contributed by atoms with van der Waals surface area (Å²) in [5.74, 6) is -0.979. The Morgan fingerprint density at radius 3 is 2.65 bits per heavy atom. The second-order valence-electron chi connectivity index (χ2n) is 5.48. The number of fused-ring (bicyclic) bond motifs is 1. The molecule has 0 radical (unpaired) electrons. The summed E-state index contributed by atoms with van der Waals surface area (Å²) in [6.45, 7) is 0.187. The molecule has 5 heteroatoms. The first kappa shape index (κ1) is 15.1. The van der Waals surface area contributed by atoms with E-state index in [1.165, 1.54) is 0 Å². The molecule has 0 unspecified atom stereocenters. The van der Waals surface area contributed by atoms with Crippen molar-refractivity contribution in [2.45, 2.75) is 25.5 Å². The molecule has 1 atom stereocenters. The van der Waals surface area contributed by atoms with Crippen LogP contribution in [0.5, 0.6) is 0 Å². The minimum Gasteiger partial charge on any atom is -0.478 e. The zero-order chi connectivity index (χ0) is 16.2. The van der Waals surface area contributed by atoms with Crippen molar-refractivity contribution in [1.82, 2.24) is 5.32 Å². The van der Waals surface area contributed by atoms with Crippen LogP contribution in [-0.4, -0.2) is 17.2 Å². The van der Waals surface area contributed by atoms with Crippen molar-refractivity contribution in [3.8, 4) is 0 Å². The number of amides is 1. The summed E-state index contributed by atoms with van der Waals surface area (Å²) < 4.78 is 5.21. The number of alkyl carbamates (subject to hydrolysis) is 1. The van der Waals surface area contributed by atoms with Gasteiger partial charge in [0, 0.05) is 0 Å². The van der Waals surface area contributed by atoms with Gasteiger partial charge < -0.3 is 15.2 Å². The Kier molecular flexibility index (Phi) is 4.28. The van der Waals surface area contributed by atoms with E-state index in [-0.39, 0.29) is 18.2 Å². The van der Waals surface area contributed by atoms with E-state index in [9.17, 15) is 14.7 Å². The lowest BCUT2D eigenvalue weighted by Gasteiger charge is -2.16. The number of carboxylic acids is 1. The number of carbonyl (C=O) groups is 2. The predicted octanol–water partition coefficient (Wildman–Crippen LogP) is 3.30. The molecule has 1 aliphatic rings. The summed E-state index contributed by atoms with van der Waals surface area (Å²) in [5, 5.41) is 12.1. The Balaban J connectivity index is 1.66. The Morgan fingerprint density at radius 1 is 1.13 bits per heavy atom. The van der Waals surface area contributed by atoms with Crippen LogP contribution in [-0.2, 0) is 17.8 Å². The van der Waals surface area contributed by atoms with Crippen molar-refractivity contribution in [3.63, 3.8) is 0 Å². The fraction of sp³-hybridized carbons (Fsp3) is 0.222. The molecule has 1 amide bonds. The number of rotatable bonds is 4. The highest BCUT2D eigenvalue weighted by Crippen LogP contribution is 2.33. The van der Waals surface area contributed by atoms with E-state index in [1.54, 1.807) is 12.1 Å². The molecule has 2 N–H and O–H groups in total. The molecule has 5 nitrogen and oxygen atoms in total. The summed E-state index contributed by atoms with van der Waals surface area (Å²) in [7, 11) is 0. The van der Waals surface area contributed by atoms with Crippen LogP contribution in [0, 0.1) is 0 Å². The zero-order valence-electron chi connectivity index (χ0n) is 12.5. The predicted molar refractivity (Wildman–Crippen MR) is 84.2 cm³/mol. The van der Waals surface area contributed by atoms with Gasteiger partial charge in [0.1, 0.15) is 6.61 Å². The number of carbonyl (C=O) groups excluding carboxylic acids is 1. The Morgan fingerprint density at radius 2 is 1.91 bits per heavy atom. The smallest absolute Gasteiger partial charge is 0.407 e. The molecule has 0 aliphatic heterocycles. The lowest BCUT2D eigenvalue weighted by atomic mass is 10.0. The van der Waals surface area contributed by atoms with Gasteiger partial charge in [-0.2, -0.15) is 0 Å². The van der Waals surface area contributed by atoms with Crippen LogP contribution in [0.1, 0.15) is 39.5 Å². The molecule has 0 heterocycles. The summed E-state index contributed by atoms with van der Waals surface area (Å²) in [5.41, 5.74) is 2.81. The monoisotopic (exact) mass is 311 g/mol. The fourth-order valence-corrected chi connectivity index (χ4v) is 2.92. The number of aromatic carboxylic acids is 1. The first-order chi connectivity index (χ1) is 11.1. The van der Waals surface area contributed by atoms with Crippen molar-refractivity contribution in [3.05, 3.63) is 70.8 Å². The molecular weight excluding hydrogens is 294 g/mol. The maximum absolute atomic E-state index is 12.0. The van der Waals surface area contributed by atoms with E-state index in [2.05, 4.69) is 5.32 Å². The van der Waals surface area contributed by atoms with Crippen molar-refractivity contribution >= 4 is 12.1 Å². The summed E-state index contributed by atoms with van der Waals surface area (Å²) >= 11 is 0. The molecule has 0 fully saturated rings. The summed E-state index contributed by atoms with van der Waals surface area (Å²) in [4.78, 5) is 23.3. The van der Waals surface area contributed by atoms with Gasteiger partial charge in [0.2, 0.25) is 0 Å². The van der Waals surface area contributed by atoms with Crippen LogP contribution in [0.25, 0.3) is 0 Å². The van der Waals surface area contributed by atoms with Gasteiger partial charge in [0.25, 0.3) is 0 Å². The van der Waals surface area contributed by atoms with Crippen molar-refractivity contribution in [2.75, 3.05) is 0 Å². The first-order valence-corrected chi connectivity index (χ1v) is 7.47. The maximum Gasteiger partial charge on any atom is 0.407 e. The number of aryl methyl sites for hydroxylation is 1. The quantitative estimate of drug-likeness (QED) is 0.908. The number of benzene rings is 2. The Labute approximate surface area is 133 Å². The molecule has 0 bridgehead atoms. The molecule has 2 aromatic rings. The maximum atomic E-state index is 12.0. The van der Waals surface area contributed by atoms with E-state index in [1.807, 2.05) is 36.4 Å². The second kappa shape index (κ2) is 6.52. The number of nitrogens with one attached hydrogen (secondary N) is 1. The van der Waals surface area contributed by atoms with Crippen LogP contribution >= 0.6 is 0 Å². The lowest BCUT2D eigenvalue weighted by Crippen LogP contribution is -2.28. The van der Waals surface area contributed by atoms with Gasteiger partial charge >= 0.3 is 12.1 Å². The third-order valence-corrected chi connectivity index (χ3v) is 3.98. The molecule has 0 saturated heterocycles. The summed E-state index contributed by atoms with van der Waals surface area (Å²) in [6, 6.07) is 14.3. The first-order valence-electron chi connectivity index (χ1n) is 7.47. The minimum absolute atomic E-state index is 0.187. The van der Waals surface area contributed by atoms with Crippen molar-refractivity contribution in [1.29, 1.82) is 0 Å². The van der Waals surface area contributed by atoms with E-state index in [4.69, 9.17) is 4.74 Å². The van der Waals surface area contributed by atoms with Gasteiger partial charge in [-0.05, 0) is 35.6 Å². The molecule has 0 aromatic heterocycles. The van der Waals surface area contributed by atoms with Crippen LogP contribution in [0.3, 0.4) is 0 Å². The molecule has 118 valence electrons. The Bertz CT molecular complexity index is 727. The van der Waals surface area contributed by atoms with Crippen LogP contribution < -0.4 is 5.32 Å². The van der Waals surface area contributed by atoms with Crippen LogP contribution in [0.4, 0.5) is 4.79 Å². The highest BCUT2D eigenvalue weighted by molar-refractivity contribution is 5.90. The average molecular weight is 311 g/mol. The lowest BCUT2D eigenvalue weighted by molar-refractivity contribution is 0.0694. The zero-order valence-corrected chi connectivity index (χ0v) is 12.5. The van der Waals surface area contributed by atoms with Crippen LogP contribution in [0.15, 0.2) is 48.5 Å². The van der Waals surface area contributed by atoms with Gasteiger partial charge in [-0.25, -0.2) is 9.59 Å². The molecule has 0 saturated carbocycles. The van der Waals surface area contributed by atoms with E-state index >= 15 is 0 Å². The van der Waals surface area contributed by atoms with E-state index < -0.39 is 12.1 Å². The molecular formula is C18H17NO4. The third kappa shape index (κ3) is 3.34. The molecule has 2 aromatic carbocycles. The van der Waals surface area contributed by atoms with Crippen molar-refractivity contribution < 1.29 is 19.4 Å². The van der Waals surface area contributed by atoms with Gasteiger partial charge in [-0.1, -0.05) is 42.5 Å². The van der Waals surface area contributed by atoms with Gasteiger partial charge in [-0.3, -0.25) is 0 Å². The van der Waals surface area contributed by atoms with Gasteiger partial charge in [0.05, 0.1) is 11.6 Å².